The molecule has 6 nitrogen and oxygen atoms in total. The summed E-state index contributed by atoms with van der Waals surface area (Å²) in [6.45, 7) is 0.716. The Labute approximate surface area is 152 Å². The quantitative estimate of drug-likeness (QED) is 0.555. The first-order valence-electron chi connectivity index (χ1n) is 7.88. The lowest BCUT2D eigenvalue weighted by Gasteiger charge is -2.06. The molecule has 2 aromatic heterocycles. The number of aromatic nitrogens is 5. The molecule has 0 fully saturated rings. The van der Waals surface area contributed by atoms with Gasteiger partial charge in [-0.15, -0.1) is 5.10 Å². The number of fused-ring (bicyclic) bond motifs is 1. The van der Waals surface area contributed by atoms with Gasteiger partial charge in [-0.2, -0.15) is 0 Å². The van der Waals surface area contributed by atoms with Crippen molar-refractivity contribution in [2.24, 2.45) is 0 Å². The third kappa shape index (κ3) is 3.21. The van der Waals surface area contributed by atoms with E-state index in [4.69, 9.17) is 11.6 Å². The average Bonchev–Trinajstić information content (AvgIpc) is 3.05. The number of hydrogen-bond donors (Lipinski definition) is 0. The Balaban J connectivity index is 1.65. The lowest BCUT2D eigenvalue weighted by molar-refractivity contribution is 0.623. The first kappa shape index (κ1) is 16.4. The summed E-state index contributed by atoms with van der Waals surface area (Å²) in [6.07, 6.45) is 1.48. The molecular weight excluding hydrogens is 357 g/mol. The summed E-state index contributed by atoms with van der Waals surface area (Å²) in [4.78, 5) is 17.0. The molecule has 0 aliphatic heterocycles. The zero-order valence-corrected chi connectivity index (χ0v) is 14.3. The van der Waals surface area contributed by atoms with Crippen LogP contribution in [0.2, 0.25) is 5.02 Å². The summed E-state index contributed by atoms with van der Waals surface area (Å²) in [7, 11) is 0. The molecule has 4 aromatic rings. The SMILES string of the molecule is O=c1c2nnn(Cc3ccc(F)cc3)c2ncn1Cc1ccc(Cl)cc1. The summed E-state index contributed by atoms with van der Waals surface area (Å²) >= 11 is 5.88. The van der Waals surface area contributed by atoms with Gasteiger partial charge in [0.15, 0.2) is 11.2 Å². The maximum absolute atomic E-state index is 13.0. The van der Waals surface area contributed by atoms with Crippen LogP contribution in [0.25, 0.3) is 11.2 Å². The number of nitrogens with zero attached hydrogens (tertiary/aromatic N) is 5. The van der Waals surface area contributed by atoms with Gasteiger partial charge in [-0.1, -0.05) is 41.1 Å². The van der Waals surface area contributed by atoms with Crippen LogP contribution in [0.1, 0.15) is 11.1 Å². The average molecular weight is 370 g/mol. The Morgan fingerprint density at radius 3 is 2.35 bits per heavy atom. The van der Waals surface area contributed by atoms with Gasteiger partial charge in [-0.3, -0.25) is 9.36 Å². The minimum atomic E-state index is -0.305. The summed E-state index contributed by atoms with van der Waals surface area (Å²) in [5.41, 5.74) is 2.09. The van der Waals surface area contributed by atoms with E-state index in [-0.39, 0.29) is 16.9 Å². The highest BCUT2D eigenvalue weighted by molar-refractivity contribution is 6.30. The van der Waals surface area contributed by atoms with Crippen LogP contribution < -0.4 is 5.56 Å². The maximum Gasteiger partial charge on any atom is 0.283 e. The molecular formula is C18H13ClFN5O. The fourth-order valence-corrected chi connectivity index (χ4v) is 2.78. The van der Waals surface area contributed by atoms with Crippen molar-refractivity contribution in [3.8, 4) is 0 Å². The van der Waals surface area contributed by atoms with E-state index in [0.717, 1.165) is 11.1 Å². The molecule has 0 atom stereocenters. The second-order valence-electron chi connectivity index (χ2n) is 5.85. The molecule has 0 bridgehead atoms. The fraction of sp³-hybridized carbons (Fsp3) is 0.111. The van der Waals surface area contributed by atoms with E-state index in [1.807, 2.05) is 12.1 Å². The third-order valence-electron chi connectivity index (χ3n) is 4.00. The van der Waals surface area contributed by atoms with Crippen molar-refractivity contribution in [2.75, 3.05) is 0 Å². The monoisotopic (exact) mass is 369 g/mol. The van der Waals surface area contributed by atoms with Crippen molar-refractivity contribution in [3.63, 3.8) is 0 Å². The van der Waals surface area contributed by atoms with Crippen molar-refractivity contribution in [2.45, 2.75) is 13.1 Å². The minimum absolute atomic E-state index is 0.198. The Bertz CT molecular complexity index is 1120. The second-order valence-corrected chi connectivity index (χ2v) is 6.29. The van der Waals surface area contributed by atoms with Crippen LogP contribution in [0.3, 0.4) is 0 Å². The molecule has 0 aliphatic carbocycles. The first-order chi connectivity index (χ1) is 12.6. The molecule has 0 aliphatic rings. The molecule has 26 heavy (non-hydrogen) atoms. The number of benzene rings is 2. The fourth-order valence-electron chi connectivity index (χ4n) is 2.66. The lowest BCUT2D eigenvalue weighted by atomic mass is 10.2. The van der Waals surface area contributed by atoms with Crippen molar-refractivity contribution in [1.82, 2.24) is 24.5 Å². The predicted molar refractivity (Wildman–Crippen MR) is 95.6 cm³/mol. The van der Waals surface area contributed by atoms with Gasteiger partial charge in [0.1, 0.15) is 12.1 Å². The Morgan fingerprint density at radius 1 is 0.962 bits per heavy atom. The third-order valence-corrected chi connectivity index (χ3v) is 4.26. The highest BCUT2D eigenvalue weighted by atomic mass is 35.5. The Hall–Kier alpha value is -3.06. The highest BCUT2D eigenvalue weighted by Gasteiger charge is 2.12. The summed E-state index contributed by atoms with van der Waals surface area (Å²) in [5, 5.41) is 8.62. The number of hydrogen-bond acceptors (Lipinski definition) is 4. The van der Waals surface area contributed by atoms with Gasteiger partial charge < -0.3 is 0 Å². The largest absolute Gasteiger partial charge is 0.293 e. The highest BCUT2D eigenvalue weighted by Crippen LogP contribution is 2.11. The molecule has 0 saturated carbocycles. The van der Waals surface area contributed by atoms with Crippen LogP contribution in [0.15, 0.2) is 59.7 Å². The van der Waals surface area contributed by atoms with Gasteiger partial charge in [0.05, 0.1) is 13.1 Å². The Kier molecular flexibility index (Phi) is 4.22. The molecule has 0 radical (unpaired) electrons. The maximum atomic E-state index is 13.0. The molecule has 2 aromatic carbocycles. The van der Waals surface area contributed by atoms with E-state index in [2.05, 4.69) is 15.3 Å². The molecule has 0 spiro atoms. The summed E-state index contributed by atoms with van der Waals surface area (Å²) in [5.74, 6) is -0.305. The van der Waals surface area contributed by atoms with E-state index < -0.39 is 0 Å². The van der Waals surface area contributed by atoms with Crippen molar-refractivity contribution in [3.05, 3.63) is 87.2 Å². The van der Waals surface area contributed by atoms with Crippen molar-refractivity contribution < 1.29 is 4.39 Å². The molecule has 4 rings (SSSR count). The molecule has 0 unspecified atom stereocenters. The molecule has 130 valence electrons. The van der Waals surface area contributed by atoms with Gasteiger partial charge in [0.2, 0.25) is 0 Å². The molecule has 0 N–H and O–H groups in total. The molecule has 8 heteroatoms. The molecule has 0 saturated heterocycles. The van der Waals surface area contributed by atoms with Crippen LogP contribution in [-0.2, 0) is 13.1 Å². The standard InChI is InChI=1S/C18H13ClFN5O/c19-14-5-1-12(2-6-14)9-24-11-21-17-16(18(24)26)22-23-25(17)10-13-3-7-15(20)8-4-13/h1-8,11H,9-10H2. The number of rotatable bonds is 4. The first-order valence-corrected chi connectivity index (χ1v) is 8.25. The predicted octanol–water partition coefficient (Wildman–Crippen LogP) is 2.88. The van der Waals surface area contributed by atoms with Crippen LogP contribution in [0.4, 0.5) is 4.39 Å². The zero-order chi connectivity index (χ0) is 18.1. The lowest BCUT2D eigenvalue weighted by Crippen LogP contribution is -2.21. The van der Waals surface area contributed by atoms with E-state index in [1.54, 1.807) is 24.3 Å². The zero-order valence-electron chi connectivity index (χ0n) is 13.5. The smallest absolute Gasteiger partial charge is 0.283 e. The summed E-state index contributed by atoms with van der Waals surface area (Å²) in [6, 6.07) is 13.3. The molecule has 2 heterocycles. The van der Waals surface area contributed by atoms with E-state index >= 15 is 0 Å². The van der Waals surface area contributed by atoms with Gasteiger partial charge in [0, 0.05) is 5.02 Å². The van der Waals surface area contributed by atoms with E-state index in [9.17, 15) is 9.18 Å². The van der Waals surface area contributed by atoms with Gasteiger partial charge >= 0.3 is 0 Å². The topological polar surface area (TPSA) is 65.6 Å². The van der Waals surface area contributed by atoms with Crippen LogP contribution in [-0.4, -0.2) is 24.5 Å². The van der Waals surface area contributed by atoms with Crippen molar-refractivity contribution in [1.29, 1.82) is 0 Å². The van der Waals surface area contributed by atoms with Crippen LogP contribution in [0.5, 0.6) is 0 Å². The minimum Gasteiger partial charge on any atom is -0.293 e. The molecule has 0 amide bonds. The van der Waals surface area contributed by atoms with E-state index in [1.165, 1.54) is 27.7 Å². The van der Waals surface area contributed by atoms with E-state index in [0.29, 0.717) is 23.8 Å². The summed E-state index contributed by atoms with van der Waals surface area (Å²) < 4.78 is 16.0. The van der Waals surface area contributed by atoms with Gasteiger partial charge in [-0.05, 0) is 35.4 Å². The van der Waals surface area contributed by atoms with Gasteiger partial charge in [0.25, 0.3) is 5.56 Å². The Morgan fingerprint density at radius 2 is 1.62 bits per heavy atom. The second kappa shape index (κ2) is 6.68. The normalized spacial score (nSPS) is 11.2. The van der Waals surface area contributed by atoms with Gasteiger partial charge in [-0.25, -0.2) is 14.1 Å². The van der Waals surface area contributed by atoms with Crippen LogP contribution in [0, 0.1) is 5.82 Å². The van der Waals surface area contributed by atoms with Crippen molar-refractivity contribution >= 4 is 22.8 Å². The number of halogens is 2. The van der Waals surface area contributed by atoms with Crippen LogP contribution >= 0.6 is 11.6 Å².